The van der Waals surface area contributed by atoms with Crippen LogP contribution in [-0.4, -0.2) is 0 Å². The molecule has 2 heterocycles. The molecule has 0 saturated heterocycles. The molecule has 0 spiro atoms. The van der Waals surface area contributed by atoms with E-state index in [9.17, 15) is 0 Å². The third kappa shape index (κ3) is 5.20. The monoisotopic (exact) mass is 703 g/mol. The van der Waals surface area contributed by atoms with Crippen molar-refractivity contribution in [1.29, 1.82) is 0 Å². The van der Waals surface area contributed by atoms with Crippen LogP contribution in [0, 0.1) is 0 Å². The minimum absolute atomic E-state index is 0.844. The highest BCUT2D eigenvalue weighted by Gasteiger charge is 2.23. The van der Waals surface area contributed by atoms with Gasteiger partial charge < -0.3 is 13.7 Å². The van der Waals surface area contributed by atoms with E-state index in [1.165, 1.54) is 16.3 Å². The zero-order valence-corrected chi connectivity index (χ0v) is 29.8. The fourth-order valence-electron chi connectivity index (χ4n) is 8.29. The summed E-state index contributed by atoms with van der Waals surface area (Å²) in [4.78, 5) is 2.40. The van der Waals surface area contributed by atoms with Gasteiger partial charge >= 0.3 is 0 Å². The van der Waals surface area contributed by atoms with Crippen molar-refractivity contribution < 1.29 is 8.83 Å². The molecule has 0 N–H and O–H groups in total. The Morgan fingerprint density at radius 1 is 0.291 bits per heavy atom. The van der Waals surface area contributed by atoms with Crippen LogP contribution >= 0.6 is 0 Å². The lowest BCUT2D eigenvalue weighted by Crippen LogP contribution is -2.12. The summed E-state index contributed by atoms with van der Waals surface area (Å²) in [5, 5.41) is 6.87. The number of furan rings is 2. The van der Waals surface area contributed by atoms with Gasteiger partial charge in [0, 0.05) is 44.4 Å². The molecule has 0 bridgehead atoms. The van der Waals surface area contributed by atoms with E-state index in [2.05, 4.69) is 181 Å². The number of rotatable bonds is 6. The van der Waals surface area contributed by atoms with E-state index in [0.717, 1.165) is 88.8 Å². The van der Waals surface area contributed by atoms with Gasteiger partial charge in [0.1, 0.15) is 22.3 Å². The predicted octanol–water partition coefficient (Wildman–Crippen LogP) is 15.1. The van der Waals surface area contributed by atoms with Crippen molar-refractivity contribution in [3.05, 3.63) is 200 Å². The molecule has 3 heteroatoms. The summed E-state index contributed by atoms with van der Waals surface area (Å²) < 4.78 is 12.9. The van der Waals surface area contributed by atoms with E-state index in [1.54, 1.807) is 0 Å². The number of hydrogen-bond donors (Lipinski definition) is 0. The first-order valence-electron chi connectivity index (χ1n) is 18.7. The number of anilines is 3. The van der Waals surface area contributed by atoms with Crippen molar-refractivity contribution in [2.45, 2.75) is 0 Å². The summed E-state index contributed by atoms with van der Waals surface area (Å²) in [5.41, 5.74) is 13.3. The molecular weight excluding hydrogens is 671 g/mol. The lowest BCUT2D eigenvalue weighted by Gasteiger charge is -2.30. The fourth-order valence-corrected chi connectivity index (χ4v) is 8.29. The van der Waals surface area contributed by atoms with Crippen LogP contribution < -0.4 is 4.90 Å². The zero-order valence-electron chi connectivity index (χ0n) is 29.8. The molecule has 0 aliphatic rings. The minimum atomic E-state index is 0.844. The number of para-hydroxylation sites is 3. The molecule has 0 aliphatic heterocycles. The number of nitrogens with zero attached hydrogens (tertiary/aromatic N) is 1. The first-order chi connectivity index (χ1) is 27.3. The summed E-state index contributed by atoms with van der Waals surface area (Å²) in [5.74, 6) is 0. The van der Waals surface area contributed by atoms with Crippen LogP contribution in [0.1, 0.15) is 0 Å². The normalized spacial score (nSPS) is 11.6. The van der Waals surface area contributed by atoms with Gasteiger partial charge in [-0.15, -0.1) is 0 Å². The Bertz CT molecular complexity index is 3220. The Balaban J connectivity index is 1.20. The minimum Gasteiger partial charge on any atom is -0.456 e. The van der Waals surface area contributed by atoms with Crippen molar-refractivity contribution >= 4 is 71.7 Å². The van der Waals surface area contributed by atoms with E-state index >= 15 is 0 Å². The summed E-state index contributed by atoms with van der Waals surface area (Å²) in [6.45, 7) is 0. The summed E-state index contributed by atoms with van der Waals surface area (Å²) >= 11 is 0. The molecule has 0 unspecified atom stereocenters. The van der Waals surface area contributed by atoms with Gasteiger partial charge in [-0.1, -0.05) is 146 Å². The zero-order chi connectivity index (χ0) is 36.3. The van der Waals surface area contributed by atoms with Gasteiger partial charge in [-0.3, -0.25) is 0 Å². The molecule has 0 fully saturated rings. The molecule has 0 saturated carbocycles. The van der Waals surface area contributed by atoms with Crippen LogP contribution in [0.3, 0.4) is 0 Å². The molecule has 55 heavy (non-hydrogen) atoms. The van der Waals surface area contributed by atoms with Gasteiger partial charge in [-0.25, -0.2) is 0 Å². The molecule has 3 nitrogen and oxygen atoms in total. The van der Waals surface area contributed by atoms with Crippen LogP contribution in [0.25, 0.3) is 88.0 Å². The third-order valence-corrected chi connectivity index (χ3v) is 10.9. The number of fused-ring (bicyclic) bond motifs is 7. The lowest BCUT2D eigenvalue weighted by atomic mass is 9.93. The van der Waals surface area contributed by atoms with Crippen molar-refractivity contribution in [2.75, 3.05) is 4.90 Å². The first kappa shape index (κ1) is 31.2. The second kappa shape index (κ2) is 12.6. The molecule has 258 valence electrons. The molecular formula is C52H33NO2. The van der Waals surface area contributed by atoms with Gasteiger partial charge in [0.2, 0.25) is 0 Å². The fraction of sp³-hybridized carbons (Fsp3) is 0. The summed E-state index contributed by atoms with van der Waals surface area (Å²) in [7, 11) is 0. The quantitative estimate of drug-likeness (QED) is 0.173. The van der Waals surface area contributed by atoms with E-state index < -0.39 is 0 Å². The standard InChI is InChI=1S/C52H33NO2/c1-2-13-35(14-3-1)42-28-25-36(40-21-12-16-34-15-4-5-17-39(34)40)31-48(42)53(38-27-30-46-44-20-8-11-24-50(44)55-52(46)33-38)47-22-9-6-18-41(47)37-26-29-45-43-19-7-10-23-49(43)54-51(45)32-37/h1-33H. The molecule has 9 aromatic carbocycles. The first-order valence-corrected chi connectivity index (χ1v) is 18.7. The topological polar surface area (TPSA) is 29.5 Å². The Morgan fingerprint density at radius 3 is 1.64 bits per heavy atom. The van der Waals surface area contributed by atoms with E-state index in [0.29, 0.717) is 0 Å². The second-order valence-corrected chi connectivity index (χ2v) is 14.1. The highest BCUT2D eigenvalue weighted by Crippen LogP contribution is 2.48. The van der Waals surface area contributed by atoms with Crippen molar-refractivity contribution in [3.8, 4) is 33.4 Å². The predicted molar refractivity (Wildman–Crippen MR) is 229 cm³/mol. The Labute approximate surface area is 317 Å². The van der Waals surface area contributed by atoms with Gasteiger partial charge in [-0.2, -0.15) is 0 Å². The van der Waals surface area contributed by atoms with Gasteiger partial charge in [0.25, 0.3) is 0 Å². The molecule has 11 rings (SSSR count). The number of hydrogen-bond acceptors (Lipinski definition) is 3. The average molecular weight is 704 g/mol. The Kier molecular flexibility index (Phi) is 7.17. The maximum Gasteiger partial charge on any atom is 0.137 e. The van der Waals surface area contributed by atoms with Gasteiger partial charge in [-0.05, 0) is 81.6 Å². The van der Waals surface area contributed by atoms with Crippen molar-refractivity contribution in [2.24, 2.45) is 0 Å². The highest BCUT2D eigenvalue weighted by molar-refractivity contribution is 6.08. The number of benzene rings is 9. The van der Waals surface area contributed by atoms with Crippen LogP contribution in [0.2, 0.25) is 0 Å². The van der Waals surface area contributed by atoms with Gasteiger partial charge in [0.05, 0.1) is 11.4 Å². The van der Waals surface area contributed by atoms with Crippen LogP contribution in [0.15, 0.2) is 209 Å². The van der Waals surface area contributed by atoms with Crippen LogP contribution in [0.5, 0.6) is 0 Å². The average Bonchev–Trinajstić information content (AvgIpc) is 3.82. The molecule has 11 aromatic rings. The molecule has 0 aliphatic carbocycles. The molecule has 2 aromatic heterocycles. The summed E-state index contributed by atoms with van der Waals surface area (Å²) in [6.07, 6.45) is 0. The largest absolute Gasteiger partial charge is 0.456 e. The molecule has 0 atom stereocenters. The maximum atomic E-state index is 6.52. The van der Waals surface area contributed by atoms with Gasteiger partial charge in [0.15, 0.2) is 0 Å². The van der Waals surface area contributed by atoms with Crippen molar-refractivity contribution in [3.63, 3.8) is 0 Å². The van der Waals surface area contributed by atoms with Crippen LogP contribution in [-0.2, 0) is 0 Å². The highest BCUT2D eigenvalue weighted by atomic mass is 16.3. The van der Waals surface area contributed by atoms with E-state index in [1.807, 2.05) is 24.3 Å². The summed E-state index contributed by atoms with van der Waals surface area (Å²) in [6, 6.07) is 71.1. The van der Waals surface area contributed by atoms with Crippen LogP contribution in [0.4, 0.5) is 17.1 Å². The SMILES string of the molecule is c1ccc(-c2ccc(-c3cccc4ccccc34)cc2N(c2ccc3c(c2)oc2ccccc23)c2ccccc2-c2ccc3c(c2)oc2ccccc23)cc1. The van der Waals surface area contributed by atoms with Crippen molar-refractivity contribution in [1.82, 2.24) is 0 Å². The maximum absolute atomic E-state index is 6.52. The molecule has 0 radical (unpaired) electrons. The molecule has 0 amide bonds. The Hall–Kier alpha value is -7.36. The second-order valence-electron chi connectivity index (χ2n) is 14.1. The third-order valence-electron chi connectivity index (χ3n) is 10.9. The van der Waals surface area contributed by atoms with E-state index in [4.69, 9.17) is 8.83 Å². The Morgan fingerprint density at radius 2 is 0.836 bits per heavy atom. The lowest BCUT2D eigenvalue weighted by molar-refractivity contribution is 0.668. The smallest absolute Gasteiger partial charge is 0.137 e. The van der Waals surface area contributed by atoms with E-state index in [-0.39, 0.29) is 0 Å².